The van der Waals surface area contributed by atoms with E-state index < -0.39 is 35.4 Å². The van der Waals surface area contributed by atoms with Crippen LogP contribution in [0.25, 0.3) is 0 Å². The number of imide groups is 1. The summed E-state index contributed by atoms with van der Waals surface area (Å²) < 4.78 is 18.6. The van der Waals surface area contributed by atoms with Gasteiger partial charge in [-0.25, -0.2) is 14.0 Å². The Bertz CT molecular complexity index is 642. The van der Waals surface area contributed by atoms with Crippen molar-refractivity contribution in [2.75, 3.05) is 0 Å². The van der Waals surface area contributed by atoms with Crippen LogP contribution >= 0.6 is 11.6 Å². The molecule has 1 aliphatic carbocycles. The van der Waals surface area contributed by atoms with E-state index in [1.165, 1.54) is 19.1 Å². The van der Waals surface area contributed by atoms with Crippen molar-refractivity contribution >= 4 is 29.5 Å². The first kappa shape index (κ1) is 19.2. The molecule has 136 valence electrons. The second kappa shape index (κ2) is 8.80. The van der Waals surface area contributed by atoms with Gasteiger partial charge in [0.2, 0.25) is 0 Å². The maximum Gasteiger partial charge on any atom is 0.343 e. The van der Waals surface area contributed by atoms with Crippen LogP contribution in [0.4, 0.5) is 9.18 Å². The quantitative estimate of drug-likeness (QED) is 0.797. The van der Waals surface area contributed by atoms with Crippen molar-refractivity contribution in [1.29, 1.82) is 0 Å². The van der Waals surface area contributed by atoms with E-state index in [9.17, 15) is 18.8 Å². The fraction of sp³-hybridized carbons (Fsp3) is 0.471. The van der Waals surface area contributed by atoms with E-state index in [1.807, 2.05) is 0 Å². The van der Waals surface area contributed by atoms with Crippen LogP contribution < -0.4 is 10.6 Å². The third kappa shape index (κ3) is 5.42. The highest BCUT2D eigenvalue weighted by atomic mass is 35.5. The van der Waals surface area contributed by atoms with Crippen LogP contribution in [0.1, 0.15) is 49.4 Å². The van der Waals surface area contributed by atoms with Crippen LogP contribution in [-0.4, -0.2) is 30.1 Å². The Morgan fingerprint density at radius 2 is 1.92 bits per heavy atom. The molecule has 3 amide bonds. The number of carbonyl (C=O) groups excluding carboxylic acids is 3. The molecule has 1 aromatic carbocycles. The lowest BCUT2D eigenvalue weighted by Crippen LogP contribution is -2.48. The lowest BCUT2D eigenvalue weighted by molar-refractivity contribution is -0.127. The van der Waals surface area contributed by atoms with Gasteiger partial charge in [-0.3, -0.25) is 10.1 Å². The van der Waals surface area contributed by atoms with Gasteiger partial charge < -0.3 is 10.1 Å². The van der Waals surface area contributed by atoms with Crippen LogP contribution in [0.3, 0.4) is 0 Å². The highest BCUT2D eigenvalue weighted by molar-refractivity contribution is 6.33. The Balaban J connectivity index is 1.87. The van der Waals surface area contributed by atoms with Crippen LogP contribution in [0.5, 0.6) is 0 Å². The van der Waals surface area contributed by atoms with Gasteiger partial charge in [-0.2, -0.15) is 0 Å². The van der Waals surface area contributed by atoms with Crippen LogP contribution in [0.2, 0.25) is 5.02 Å². The first-order chi connectivity index (χ1) is 11.9. The highest BCUT2D eigenvalue weighted by Gasteiger charge is 2.25. The van der Waals surface area contributed by atoms with Gasteiger partial charge >= 0.3 is 12.0 Å². The number of halogens is 2. The predicted octanol–water partition coefficient (Wildman–Crippen LogP) is 3.18. The van der Waals surface area contributed by atoms with E-state index in [-0.39, 0.29) is 11.1 Å². The Hall–Kier alpha value is -2.15. The van der Waals surface area contributed by atoms with Crippen molar-refractivity contribution < 1.29 is 23.5 Å². The molecule has 0 radical (unpaired) electrons. The van der Waals surface area contributed by atoms with E-state index in [1.54, 1.807) is 0 Å². The van der Waals surface area contributed by atoms with E-state index in [2.05, 4.69) is 10.6 Å². The number of urea groups is 1. The maximum absolute atomic E-state index is 13.7. The standard InChI is InChI=1S/C17H20ClFN2O4/c1-10(25-16(23)14-12(18)8-5-9-13(14)19)15(22)21-17(24)20-11-6-3-2-4-7-11/h5,8-11H,2-4,6-7H2,1H3,(H2,20,21,22,24)/t10-/m0/s1. The number of benzene rings is 1. The third-order valence-corrected chi connectivity index (χ3v) is 4.31. The second-order valence-corrected chi connectivity index (χ2v) is 6.35. The Morgan fingerprint density at radius 1 is 1.24 bits per heavy atom. The van der Waals surface area contributed by atoms with Crippen LogP contribution in [0, 0.1) is 5.82 Å². The Kier molecular flexibility index (Phi) is 6.75. The van der Waals surface area contributed by atoms with Crippen molar-refractivity contribution in [2.45, 2.75) is 51.2 Å². The van der Waals surface area contributed by atoms with E-state index >= 15 is 0 Å². The van der Waals surface area contributed by atoms with E-state index in [0.717, 1.165) is 38.2 Å². The number of nitrogens with one attached hydrogen (secondary N) is 2. The molecule has 0 aromatic heterocycles. The van der Waals surface area contributed by atoms with Gasteiger partial charge in [0, 0.05) is 6.04 Å². The zero-order chi connectivity index (χ0) is 18.4. The molecule has 1 aromatic rings. The zero-order valence-corrected chi connectivity index (χ0v) is 14.6. The number of carbonyl (C=O) groups is 3. The van der Waals surface area contributed by atoms with Crippen molar-refractivity contribution in [3.63, 3.8) is 0 Å². The summed E-state index contributed by atoms with van der Waals surface area (Å²) in [6, 6.07) is 3.15. The number of esters is 1. The molecule has 2 rings (SSSR count). The minimum Gasteiger partial charge on any atom is -0.449 e. The summed E-state index contributed by atoms with van der Waals surface area (Å²) in [5.74, 6) is -2.72. The number of amides is 3. The van der Waals surface area contributed by atoms with Gasteiger partial charge in [-0.05, 0) is 31.9 Å². The molecule has 0 bridgehead atoms. The van der Waals surface area contributed by atoms with Gasteiger partial charge in [0.05, 0.1) is 5.02 Å². The van der Waals surface area contributed by atoms with Crippen molar-refractivity contribution in [1.82, 2.24) is 10.6 Å². The van der Waals surface area contributed by atoms with Gasteiger partial charge in [-0.1, -0.05) is 36.9 Å². The van der Waals surface area contributed by atoms with Crippen LogP contribution in [-0.2, 0) is 9.53 Å². The Morgan fingerprint density at radius 3 is 2.56 bits per heavy atom. The highest BCUT2D eigenvalue weighted by Crippen LogP contribution is 2.20. The molecule has 0 aliphatic heterocycles. The number of hydrogen-bond donors (Lipinski definition) is 2. The summed E-state index contributed by atoms with van der Waals surface area (Å²) in [6.45, 7) is 1.29. The van der Waals surface area contributed by atoms with Gasteiger partial charge in [0.15, 0.2) is 6.10 Å². The average molecular weight is 371 g/mol. The molecular weight excluding hydrogens is 351 g/mol. The molecule has 0 saturated heterocycles. The maximum atomic E-state index is 13.7. The van der Waals surface area contributed by atoms with Crippen molar-refractivity contribution in [3.05, 3.63) is 34.6 Å². The minimum absolute atomic E-state index is 0.0385. The molecular formula is C17H20ClFN2O4. The minimum atomic E-state index is -1.28. The van der Waals surface area contributed by atoms with Gasteiger partial charge in [-0.15, -0.1) is 0 Å². The topological polar surface area (TPSA) is 84.5 Å². The molecule has 0 unspecified atom stereocenters. The van der Waals surface area contributed by atoms with Crippen molar-refractivity contribution in [3.8, 4) is 0 Å². The molecule has 8 heteroatoms. The lowest BCUT2D eigenvalue weighted by Gasteiger charge is -2.23. The monoisotopic (exact) mass is 370 g/mol. The molecule has 1 atom stereocenters. The first-order valence-electron chi connectivity index (χ1n) is 8.15. The Labute approximate surface area is 150 Å². The fourth-order valence-corrected chi connectivity index (χ4v) is 2.89. The second-order valence-electron chi connectivity index (χ2n) is 5.94. The third-order valence-electron chi connectivity index (χ3n) is 4.00. The molecule has 1 aliphatic rings. The number of ether oxygens (including phenoxy) is 1. The molecule has 1 saturated carbocycles. The van der Waals surface area contributed by atoms with Crippen LogP contribution in [0.15, 0.2) is 18.2 Å². The largest absolute Gasteiger partial charge is 0.449 e. The average Bonchev–Trinajstić information content (AvgIpc) is 2.55. The summed E-state index contributed by atoms with van der Waals surface area (Å²) >= 11 is 5.77. The molecule has 0 heterocycles. The predicted molar refractivity (Wildman–Crippen MR) is 89.8 cm³/mol. The molecule has 0 spiro atoms. The van der Waals surface area contributed by atoms with Crippen molar-refractivity contribution in [2.24, 2.45) is 0 Å². The van der Waals surface area contributed by atoms with E-state index in [0.29, 0.717) is 0 Å². The smallest absolute Gasteiger partial charge is 0.343 e. The summed E-state index contributed by atoms with van der Waals surface area (Å²) in [5.41, 5.74) is -0.449. The summed E-state index contributed by atoms with van der Waals surface area (Å²) in [7, 11) is 0. The normalized spacial score (nSPS) is 16.0. The summed E-state index contributed by atoms with van der Waals surface area (Å²) in [6.07, 6.45) is 3.69. The number of hydrogen-bond acceptors (Lipinski definition) is 4. The van der Waals surface area contributed by atoms with Gasteiger partial charge in [0.1, 0.15) is 11.4 Å². The lowest BCUT2D eigenvalue weighted by atomic mass is 9.96. The summed E-state index contributed by atoms with van der Waals surface area (Å²) in [5, 5.41) is 4.72. The SMILES string of the molecule is C[C@H](OC(=O)c1c(F)cccc1Cl)C(=O)NC(=O)NC1CCCCC1. The first-order valence-corrected chi connectivity index (χ1v) is 8.52. The fourth-order valence-electron chi connectivity index (χ4n) is 2.65. The number of rotatable bonds is 4. The molecule has 25 heavy (non-hydrogen) atoms. The molecule has 6 nitrogen and oxygen atoms in total. The molecule has 1 fully saturated rings. The van der Waals surface area contributed by atoms with Gasteiger partial charge in [0.25, 0.3) is 5.91 Å². The zero-order valence-electron chi connectivity index (χ0n) is 13.8. The molecule has 2 N–H and O–H groups in total. The van der Waals surface area contributed by atoms with E-state index in [4.69, 9.17) is 16.3 Å². The summed E-state index contributed by atoms with van der Waals surface area (Å²) in [4.78, 5) is 35.8.